The van der Waals surface area contributed by atoms with E-state index in [1.54, 1.807) is 6.20 Å². The second-order valence-electron chi connectivity index (χ2n) is 9.15. The van der Waals surface area contributed by atoms with Crippen LogP contribution in [-0.4, -0.2) is 75.7 Å². The molecule has 1 aliphatic rings. The van der Waals surface area contributed by atoms with Crippen LogP contribution in [0.3, 0.4) is 0 Å². The average molecular weight is 486 g/mol. The quantitative estimate of drug-likeness (QED) is 0.600. The highest BCUT2D eigenvalue weighted by atomic mass is 16.5. The fourth-order valence-corrected chi connectivity index (χ4v) is 3.99. The minimum Gasteiger partial charge on any atom is -0.494 e. The van der Waals surface area contributed by atoms with Gasteiger partial charge >= 0.3 is 0 Å². The summed E-state index contributed by atoms with van der Waals surface area (Å²) in [5.41, 5.74) is 0.885. The van der Waals surface area contributed by atoms with Crippen LogP contribution in [0.15, 0.2) is 36.7 Å². The molecule has 10 nitrogen and oxygen atoms in total. The molecule has 2 atom stereocenters. The monoisotopic (exact) mass is 485 g/mol. The predicted molar refractivity (Wildman–Crippen MR) is 130 cm³/mol. The number of hydrogen-bond acceptors (Lipinski definition) is 6. The molecule has 0 fully saturated rings. The minimum absolute atomic E-state index is 0.170. The number of benzene rings is 1. The molecule has 3 rings (SSSR count). The summed E-state index contributed by atoms with van der Waals surface area (Å²) in [7, 11) is 0. The van der Waals surface area contributed by atoms with Crippen LogP contribution >= 0.6 is 0 Å². The molecule has 0 saturated heterocycles. The zero-order valence-electron chi connectivity index (χ0n) is 20.6. The third-order valence-corrected chi connectivity index (χ3v) is 5.66. The van der Waals surface area contributed by atoms with Crippen LogP contribution in [0.4, 0.5) is 0 Å². The van der Waals surface area contributed by atoms with E-state index in [1.807, 2.05) is 48.9 Å². The molecule has 3 N–H and O–H groups in total. The highest BCUT2D eigenvalue weighted by Crippen LogP contribution is 2.23. The van der Waals surface area contributed by atoms with Gasteiger partial charge in [0.15, 0.2) is 0 Å². The van der Waals surface area contributed by atoms with Crippen molar-refractivity contribution in [3.05, 3.63) is 36.7 Å². The second-order valence-corrected chi connectivity index (χ2v) is 9.15. The summed E-state index contributed by atoms with van der Waals surface area (Å²) in [6.07, 6.45) is 3.24. The van der Waals surface area contributed by atoms with Gasteiger partial charge in [0, 0.05) is 37.6 Å². The van der Waals surface area contributed by atoms with Crippen LogP contribution in [0, 0.1) is 5.92 Å². The van der Waals surface area contributed by atoms with Gasteiger partial charge in [-0.1, -0.05) is 26.0 Å². The number of aliphatic hydroxyl groups is 1. The lowest BCUT2D eigenvalue weighted by Gasteiger charge is -2.26. The zero-order valence-corrected chi connectivity index (χ0v) is 20.6. The summed E-state index contributed by atoms with van der Waals surface area (Å²) in [6, 6.07) is 6.84. The van der Waals surface area contributed by atoms with E-state index in [0.717, 1.165) is 11.4 Å². The van der Waals surface area contributed by atoms with Crippen LogP contribution in [0.1, 0.15) is 33.6 Å². The molecule has 2 bridgehead atoms. The topological polar surface area (TPSA) is 126 Å². The van der Waals surface area contributed by atoms with Gasteiger partial charge in [-0.2, -0.15) is 0 Å². The van der Waals surface area contributed by atoms with Crippen molar-refractivity contribution in [2.45, 2.75) is 52.3 Å². The molecule has 3 amide bonds. The molecule has 10 heteroatoms. The Morgan fingerprint density at radius 1 is 1.26 bits per heavy atom. The fourth-order valence-electron chi connectivity index (χ4n) is 3.99. The van der Waals surface area contributed by atoms with Crippen molar-refractivity contribution in [2.75, 3.05) is 26.2 Å². The molecule has 0 unspecified atom stereocenters. The van der Waals surface area contributed by atoms with Crippen molar-refractivity contribution < 1.29 is 24.2 Å². The molecular weight excluding hydrogens is 450 g/mol. The van der Waals surface area contributed by atoms with E-state index in [-0.39, 0.29) is 24.9 Å². The minimum atomic E-state index is -1.24. The number of rotatable bonds is 3. The molecule has 0 saturated carbocycles. The van der Waals surface area contributed by atoms with E-state index in [9.17, 15) is 19.5 Å². The molecular formula is C25H35N5O5. The molecule has 190 valence electrons. The van der Waals surface area contributed by atoms with Gasteiger partial charge in [0.2, 0.25) is 11.8 Å². The number of nitrogens with zero attached hydrogens (tertiary/aromatic N) is 3. The third kappa shape index (κ3) is 7.54. The smallest absolute Gasteiger partial charge is 0.251 e. The average Bonchev–Trinajstić information content (AvgIpc) is 3.28. The molecule has 1 aromatic carbocycles. The molecule has 2 heterocycles. The molecule has 35 heavy (non-hydrogen) atoms. The number of imidazole rings is 1. The molecule has 0 radical (unpaired) electrons. The first-order valence-corrected chi connectivity index (χ1v) is 12.0. The van der Waals surface area contributed by atoms with E-state index in [0.29, 0.717) is 38.3 Å². The number of ether oxygens (including phenoxy) is 1. The SMILES string of the molecule is CC(C)C[C@H]1NC(=O)CN(C(=O)[C@H](C)O)CCCOc2cccc(c2)-c2nccn2CCNC1=O. The van der Waals surface area contributed by atoms with Crippen LogP contribution in [0.5, 0.6) is 5.75 Å². The predicted octanol–water partition coefficient (Wildman–Crippen LogP) is 1.19. The molecule has 0 aliphatic carbocycles. The Balaban J connectivity index is 1.85. The number of aromatic nitrogens is 2. The Morgan fingerprint density at radius 2 is 2.06 bits per heavy atom. The Bertz CT molecular complexity index is 1020. The number of fused-ring (bicyclic) bond motifs is 4. The number of aliphatic hydroxyl groups excluding tert-OH is 1. The van der Waals surface area contributed by atoms with Gasteiger partial charge in [-0.25, -0.2) is 4.98 Å². The van der Waals surface area contributed by atoms with E-state index in [4.69, 9.17) is 4.74 Å². The highest BCUT2D eigenvalue weighted by molar-refractivity contribution is 5.90. The summed E-state index contributed by atoms with van der Waals surface area (Å²) < 4.78 is 7.84. The van der Waals surface area contributed by atoms with Gasteiger partial charge in [0.25, 0.3) is 5.91 Å². The second kappa shape index (κ2) is 12.3. The molecule has 1 aliphatic heterocycles. The lowest BCUT2D eigenvalue weighted by atomic mass is 10.0. The van der Waals surface area contributed by atoms with Crippen molar-refractivity contribution in [2.24, 2.45) is 5.92 Å². The molecule has 1 aromatic heterocycles. The molecule has 2 aromatic rings. The first kappa shape index (κ1) is 26.2. The largest absolute Gasteiger partial charge is 0.494 e. The van der Waals surface area contributed by atoms with Crippen LogP contribution in [0.2, 0.25) is 0 Å². The maximum Gasteiger partial charge on any atom is 0.251 e. The van der Waals surface area contributed by atoms with Crippen LogP contribution < -0.4 is 15.4 Å². The number of nitrogens with one attached hydrogen (secondary N) is 2. The summed E-state index contributed by atoms with van der Waals surface area (Å²) in [5, 5.41) is 15.5. The summed E-state index contributed by atoms with van der Waals surface area (Å²) in [6.45, 7) is 6.47. The van der Waals surface area contributed by atoms with E-state index < -0.39 is 24.0 Å². The van der Waals surface area contributed by atoms with Gasteiger partial charge in [-0.15, -0.1) is 0 Å². The Morgan fingerprint density at radius 3 is 2.80 bits per heavy atom. The number of amides is 3. The number of carbonyl (C=O) groups is 3. The first-order chi connectivity index (χ1) is 16.7. The summed E-state index contributed by atoms with van der Waals surface area (Å²) >= 11 is 0. The zero-order chi connectivity index (χ0) is 25.4. The number of carbonyl (C=O) groups excluding carboxylic acids is 3. The van der Waals surface area contributed by atoms with Crippen molar-refractivity contribution in [1.29, 1.82) is 0 Å². The summed E-state index contributed by atoms with van der Waals surface area (Å²) in [5.74, 6) is 0.308. The Labute approximate surface area is 205 Å². The van der Waals surface area contributed by atoms with Gasteiger partial charge in [0.1, 0.15) is 23.7 Å². The van der Waals surface area contributed by atoms with Gasteiger partial charge in [0.05, 0.1) is 13.2 Å². The van der Waals surface area contributed by atoms with E-state index in [1.165, 1.54) is 11.8 Å². The maximum atomic E-state index is 12.9. The standard InChI is InChI=1S/C25H35N5O5/c1-17(2)14-21-24(33)27-9-12-29-11-8-26-23(29)19-6-4-7-20(15-19)35-13-5-10-30(16-22(32)28-21)25(34)18(3)31/h4,6-8,11,15,17-18,21,31H,5,9-10,12-14,16H2,1-3H3,(H,27,33)(H,28,32)/t18-,21+/m0/s1. The highest BCUT2D eigenvalue weighted by Gasteiger charge is 2.25. The Kier molecular flexibility index (Phi) is 9.25. The lowest BCUT2D eigenvalue weighted by Crippen LogP contribution is -2.52. The Hall–Kier alpha value is -3.40. The van der Waals surface area contributed by atoms with Crippen molar-refractivity contribution in [3.8, 4) is 17.1 Å². The fraction of sp³-hybridized carbons (Fsp3) is 0.520. The van der Waals surface area contributed by atoms with E-state index in [2.05, 4.69) is 15.6 Å². The lowest BCUT2D eigenvalue weighted by molar-refractivity contribution is -0.143. The van der Waals surface area contributed by atoms with E-state index >= 15 is 0 Å². The van der Waals surface area contributed by atoms with Gasteiger partial charge in [-0.3, -0.25) is 14.4 Å². The first-order valence-electron chi connectivity index (χ1n) is 12.0. The van der Waals surface area contributed by atoms with Crippen LogP contribution in [0.25, 0.3) is 11.4 Å². The van der Waals surface area contributed by atoms with Gasteiger partial charge < -0.3 is 29.9 Å². The normalized spacial score (nSPS) is 19.0. The summed E-state index contributed by atoms with van der Waals surface area (Å²) in [4.78, 5) is 44.0. The number of hydrogen-bond donors (Lipinski definition) is 3. The van der Waals surface area contributed by atoms with Crippen molar-refractivity contribution in [1.82, 2.24) is 25.1 Å². The van der Waals surface area contributed by atoms with Crippen molar-refractivity contribution in [3.63, 3.8) is 0 Å². The third-order valence-electron chi connectivity index (χ3n) is 5.66. The van der Waals surface area contributed by atoms with Gasteiger partial charge in [-0.05, 0) is 37.8 Å². The van der Waals surface area contributed by atoms with Crippen LogP contribution in [-0.2, 0) is 20.9 Å². The van der Waals surface area contributed by atoms with Crippen molar-refractivity contribution >= 4 is 17.7 Å². The maximum absolute atomic E-state index is 12.9. The molecule has 0 spiro atoms.